The van der Waals surface area contributed by atoms with Gasteiger partial charge in [0.05, 0.1) is 0 Å². The lowest BCUT2D eigenvalue weighted by Gasteiger charge is -2.12. The lowest BCUT2D eigenvalue weighted by molar-refractivity contribution is 0.477. The van der Waals surface area contributed by atoms with Gasteiger partial charge in [0, 0.05) is 12.6 Å². The van der Waals surface area contributed by atoms with Gasteiger partial charge in [-0.2, -0.15) is 0 Å². The second-order valence-corrected chi connectivity index (χ2v) is 6.10. The number of hydrogen-bond donors (Lipinski definition) is 1. The van der Waals surface area contributed by atoms with Crippen LogP contribution in [-0.2, 0) is 6.54 Å². The maximum Gasteiger partial charge on any atom is 0.130 e. The van der Waals surface area contributed by atoms with Crippen molar-refractivity contribution in [3.05, 3.63) is 58.7 Å². The summed E-state index contributed by atoms with van der Waals surface area (Å²) in [6, 6.07) is 13.5. The molecule has 3 rings (SSSR count). The highest BCUT2D eigenvalue weighted by molar-refractivity contribution is 5.42. The number of nitrogens with one attached hydrogen (secondary N) is 1. The van der Waals surface area contributed by atoms with Gasteiger partial charge >= 0.3 is 0 Å². The Kier molecular flexibility index (Phi) is 3.98. The highest BCUT2D eigenvalue weighted by atomic mass is 16.5. The van der Waals surface area contributed by atoms with E-state index in [1.54, 1.807) is 0 Å². The summed E-state index contributed by atoms with van der Waals surface area (Å²) < 4.78 is 6.08. The van der Waals surface area contributed by atoms with E-state index in [0.717, 1.165) is 24.1 Å². The number of hydrogen-bond acceptors (Lipinski definition) is 2. The zero-order chi connectivity index (χ0) is 14.8. The van der Waals surface area contributed by atoms with Crippen LogP contribution in [0.25, 0.3) is 0 Å². The first-order chi connectivity index (χ1) is 10.1. The molecule has 0 radical (unpaired) electrons. The molecule has 0 aromatic heterocycles. The van der Waals surface area contributed by atoms with Crippen LogP contribution >= 0.6 is 0 Å². The Morgan fingerprint density at radius 1 is 0.952 bits per heavy atom. The first-order valence-electron chi connectivity index (χ1n) is 7.70. The van der Waals surface area contributed by atoms with Gasteiger partial charge in [-0.1, -0.05) is 18.2 Å². The van der Waals surface area contributed by atoms with Crippen molar-refractivity contribution >= 4 is 0 Å². The van der Waals surface area contributed by atoms with Gasteiger partial charge < -0.3 is 10.1 Å². The van der Waals surface area contributed by atoms with Crippen LogP contribution in [0.4, 0.5) is 0 Å². The maximum absolute atomic E-state index is 6.08. The molecule has 1 N–H and O–H groups in total. The van der Waals surface area contributed by atoms with E-state index in [0.29, 0.717) is 0 Å². The summed E-state index contributed by atoms with van der Waals surface area (Å²) in [5.74, 6) is 1.86. The second kappa shape index (κ2) is 5.90. The largest absolute Gasteiger partial charge is 0.457 e. The average molecular weight is 281 g/mol. The van der Waals surface area contributed by atoms with Crippen molar-refractivity contribution in [1.29, 1.82) is 0 Å². The van der Waals surface area contributed by atoms with E-state index in [2.05, 4.69) is 56.4 Å². The van der Waals surface area contributed by atoms with E-state index < -0.39 is 0 Å². The Labute approximate surface area is 127 Å². The van der Waals surface area contributed by atoms with Crippen molar-refractivity contribution in [3.63, 3.8) is 0 Å². The lowest BCUT2D eigenvalue weighted by Crippen LogP contribution is -2.15. The van der Waals surface area contributed by atoms with Crippen LogP contribution in [0.15, 0.2) is 36.4 Å². The topological polar surface area (TPSA) is 21.3 Å². The Morgan fingerprint density at radius 3 is 2.43 bits per heavy atom. The molecule has 1 aliphatic carbocycles. The van der Waals surface area contributed by atoms with Crippen molar-refractivity contribution in [2.45, 2.75) is 46.2 Å². The Balaban J connectivity index is 1.76. The van der Waals surface area contributed by atoms with Crippen LogP contribution in [0.5, 0.6) is 11.5 Å². The van der Waals surface area contributed by atoms with Crippen molar-refractivity contribution in [1.82, 2.24) is 5.32 Å². The minimum Gasteiger partial charge on any atom is -0.457 e. The van der Waals surface area contributed by atoms with Crippen molar-refractivity contribution < 1.29 is 4.74 Å². The molecule has 0 saturated heterocycles. The summed E-state index contributed by atoms with van der Waals surface area (Å²) in [6.07, 6.45) is 2.63. The standard InChI is InChI=1S/C19H23NO/c1-13-5-9-18(10-15(13)3)21-19-11-16(6-4-14(19)2)12-20-17-7-8-17/h4-6,9-11,17,20H,7-8,12H2,1-3H3. The van der Waals surface area contributed by atoms with Crippen LogP contribution in [0, 0.1) is 20.8 Å². The molecule has 0 unspecified atom stereocenters. The van der Waals surface area contributed by atoms with E-state index in [1.165, 1.54) is 35.1 Å². The summed E-state index contributed by atoms with van der Waals surface area (Å²) >= 11 is 0. The fourth-order valence-electron chi connectivity index (χ4n) is 2.32. The molecule has 2 nitrogen and oxygen atoms in total. The molecule has 0 bridgehead atoms. The lowest BCUT2D eigenvalue weighted by atomic mass is 10.1. The van der Waals surface area contributed by atoms with Crippen LogP contribution in [0.1, 0.15) is 35.1 Å². The van der Waals surface area contributed by atoms with Crippen molar-refractivity contribution in [2.75, 3.05) is 0 Å². The Morgan fingerprint density at radius 2 is 1.71 bits per heavy atom. The van der Waals surface area contributed by atoms with Crippen LogP contribution in [0.3, 0.4) is 0 Å². The highest BCUT2D eigenvalue weighted by Crippen LogP contribution is 2.28. The van der Waals surface area contributed by atoms with E-state index in [4.69, 9.17) is 4.74 Å². The van der Waals surface area contributed by atoms with Crippen molar-refractivity contribution in [2.24, 2.45) is 0 Å². The Hall–Kier alpha value is -1.80. The van der Waals surface area contributed by atoms with Gasteiger partial charge in [-0.25, -0.2) is 0 Å². The fourth-order valence-corrected chi connectivity index (χ4v) is 2.32. The summed E-state index contributed by atoms with van der Waals surface area (Å²) in [4.78, 5) is 0. The molecule has 2 heteroatoms. The van der Waals surface area contributed by atoms with Gasteiger partial charge in [0.25, 0.3) is 0 Å². The number of ether oxygens (including phenoxy) is 1. The normalized spacial score (nSPS) is 14.2. The highest BCUT2D eigenvalue weighted by Gasteiger charge is 2.20. The monoisotopic (exact) mass is 281 g/mol. The summed E-state index contributed by atoms with van der Waals surface area (Å²) in [6.45, 7) is 7.25. The number of aryl methyl sites for hydroxylation is 3. The van der Waals surface area contributed by atoms with Gasteiger partial charge in [-0.3, -0.25) is 0 Å². The molecule has 0 atom stereocenters. The second-order valence-electron chi connectivity index (χ2n) is 6.10. The molecular formula is C19H23NO. The molecule has 2 aromatic carbocycles. The minimum absolute atomic E-state index is 0.732. The number of benzene rings is 2. The third-order valence-electron chi connectivity index (χ3n) is 4.13. The van der Waals surface area contributed by atoms with E-state index in [-0.39, 0.29) is 0 Å². The number of rotatable bonds is 5. The van der Waals surface area contributed by atoms with Gasteiger partial charge in [-0.05, 0) is 74.1 Å². The summed E-state index contributed by atoms with van der Waals surface area (Å²) in [7, 11) is 0. The van der Waals surface area contributed by atoms with Gasteiger partial charge in [-0.15, -0.1) is 0 Å². The maximum atomic E-state index is 6.08. The molecule has 0 amide bonds. The third-order valence-corrected chi connectivity index (χ3v) is 4.13. The quantitative estimate of drug-likeness (QED) is 0.861. The molecule has 0 aliphatic heterocycles. The molecular weight excluding hydrogens is 258 g/mol. The van der Waals surface area contributed by atoms with E-state index in [1.807, 2.05) is 6.07 Å². The zero-order valence-electron chi connectivity index (χ0n) is 13.1. The minimum atomic E-state index is 0.732. The molecule has 1 fully saturated rings. The predicted octanol–water partition coefficient (Wildman–Crippen LogP) is 4.66. The molecule has 1 aliphatic rings. The molecule has 0 spiro atoms. The summed E-state index contributed by atoms with van der Waals surface area (Å²) in [5, 5.41) is 3.54. The molecule has 1 saturated carbocycles. The average Bonchev–Trinajstić information content (AvgIpc) is 3.28. The third kappa shape index (κ3) is 3.64. The van der Waals surface area contributed by atoms with Gasteiger partial charge in [0.2, 0.25) is 0 Å². The van der Waals surface area contributed by atoms with Crippen molar-refractivity contribution in [3.8, 4) is 11.5 Å². The summed E-state index contributed by atoms with van der Waals surface area (Å²) in [5.41, 5.74) is 5.01. The molecule has 0 heterocycles. The zero-order valence-corrected chi connectivity index (χ0v) is 13.1. The van der Waals surface area contributed by atoms with E-state index >= 15 is 0 Å². The van der Waals surface area contributed by atoms with Gasteiger partial charge in [0.1, 0.15) is 11.5 Å². The van der Waals surface area contributed by atoms with Crippen LogP contribution < -0.4 is 10.1 Å². The first-order valence-corrected chi connectivity index (χ1v) is 7.70. The molecule has 110 valence electrons. The Bertz CT molecular complexity index is 644. The first kappa shape index (κ1) is 14.2. The SMILES string of the molecule is Cc1ccc(Oc2cc(CNC3CC3)ccc2C)cc1C. The molecule has 21 heavy (non-hydrogen) atoms. The molecule has 2 aromatic rings. The van der Waals surface area contributed by atoms with E-state index in [9.17, 15) is 0 Å². The smallest absolute Gasteiger partial charge is 0.130 e. The predicted molar refractivity (Wildman–Crippen MR) is 87.0 cm³/mol. The fraction of sp³-hybridized carbons (Fsp3) is 0.368. The van der Waals surface area contributed by atoms with Crippen LogP contribution in [-0.4, -0.2) is 6.04 Å². The van der Waals surface area contributed by atoms with Crippen LogP contribution in [0.2, 0.25) is 0 Å². The van der Waals surface area contributed by atoms with Gasteiger partial charge in [0.15, 0.2) is 0 Å².